The number of benzene rings is 1. The van der Waals surface area contributed by atoms with Crippen LogP contribution in [-0.2, 0) is 4.74 Å². The molecular formula is C21H27ClFN7O3. The number of carbonyl (C=O) groups excluding carboxylic acids is 2. The zero-order valence-corrected chi connectivity index (χ0v) is 19.4. The van der Waals surface area contributed by atoms with E-state index in [9.17, 15) is 9.59 Å². The summed E-state index contributed by atoms with van der Waals surface area (Å²) in [4.78, 5) is 26.5. The summed E-state index contributed by atoms with van der Waals surface area (Å²) in [5.74, 6) is -1.33. The topological polar surface area (TPSA) is 113 Å². The molecule has 2 aromatic rings. The molecule has 178 valence electrons. The molecule has 1 aliphatic carbocycles. The Morgan fingerprint density at radius 2 is 2.00 bits per heavy atom. The number of halogens is 2. The number of carbonyl (C=O) groups is 2. The molecule has 2 fully saturated rings. The molecule has 4 rings (SSSR count). The van der Waals surface area contributed by atoms with Crippen LogP contribution in [0.25, 0.3) is 0 Å². The summed E-state index contributed by atoms with van der Waals surface area (Å²) in [5, 5.41) is 11.2. The first-order valence-corrected chi connectivity index (χ1v) is 11.2. The molecule has 1 saturated carbocycles. The van der Waals surface area contributed by atoms with Crippen molar-refractivity contribution in [3.05, 3.63) is 34.9 Å². The van der Waals surface area contributed by atoms with Crippen molar-refractivity contribution in [1.29, 1.82) is 0 Å². The molecule has 3 N–H and O–H groups in total. The first-order valence-electron chi connectivity index (χ1n) is 10.8. The van der Waals surface area contributed by atoms with E-state index < -0.39 is 23.4 Å². The van der Waals surface area contributed by atoms with Gasteiger partial charge < -0.3 is 15.0 Å². The molecule has 0 bridgehead atoms. The molecule has 1 unspecified atom stereocenters. The predicted octanol–water partition coefficient (Wildman–Crippen LogP) is 3.27. The summed E-state index contributed by atoms with van der Waals surface area (Å²) in [6.45, 7) is 6.19. The zero-order valence-electron chi connectivity index (χ0n) is 18.7. The van der Waals surface area contributed by atoms with Crippen molar-refractivity contribution < 1.29 is 18.7 Å². The zero-order chi connectivity index (χ0) is 23.8. The molecule has 33 heavy (non-hydrogen) atoms. The standard InChI is InChI=1S/C21H27ClFN7O3/c1-21(2,3)33-20(32)27-26-19(31)14-10-15(23)18(16(22)17(14)25-12-4-5-12)29-8-6-13(11-29)30-9-7-24-28-30/h7,9-10,12-13,25H,4-6,8,11H2,1-3H3,(H,26,31)(H,27,32). The monoisotopic (exact) mass is 479 g/mol. The third-order valence-electron chi connectivity index (χ3n) is 5.34. The first-order chi connectivity index (χ1) is 15.6. The lowest BCUT2D eigenvalue weighted by molar-refractivity contribution is 0.0483. The molecule has 0 radical (unpaired) electrons. The fourth-order valence-corrected chi connectivity index (χ4v) is 4.07. The van der Waals surface area contributed by atoms with Crippen molar-refractivity contribution in [2.24, 2.45) is 0 Å². The van der Waals surface area contributed by atoms with Crippen LogP contribution in [-0.4, -0.2) is 51.7 Å². The Bertz CT molecular complexity index is 1040. The van der Waals surface area contributed by atoms with Gasteiger partial charge in [-0.2, -0.15) is 0 Å². The van der Waals surface area contributed by atoms with Crippen LogP contribution in [0.15, 0.2) is 18.5 Å². The third kappa shape index (κ3) is 5.47. The number of hydrogen-bond acceptors (Lipinski definition) is 7. The van der Waals surface area contributed by atoms with Gasteiger partial charge >= 0.3 is 6.09 Å². The average molecular weight is 480 g/mol. The summed E-state index contributed by atoms with van der Waals surface area (Å²) in [7, 11) is 0. The van der Waals surface area contributed by atoms with Gasteiger partial charge in [-0.1, -0.05) is 16.8 Å². The summed E-state index contributed by atoms with van der Waals surface area (Å²) in [6, 6.07) is 1.34. The summed E-state index contributed by atoms with van der Waals surface area (Å²) in [6.07, 6.45) is 5.17. The van der Waals surface area contributed by atoms with Crippen molar-refractivity contribution >= 4 is 35.0 Å². The van der Waals surface area contributed by atoms with Gasteiger partial charge in [0.2, 0.25) is 0 Å². The fourth-order valence-electron chi connectivity index (χ4n) is 3.70. The summed E-state index contributed by atoms with van der Waals surface area (Å²) in [5.41, 5.74) is 4.28. The van der Waals surface area contributed by atoms with Crippen LogP contribution >= 0.6 is 11.6 Å². The summed E-state index contributed by atoms with van der Waals surface area (Å²) < 4.78 is 22.1. The Labute approximate surface area is 195 Å². The Morgan fingerprint density at radius 3 is 2.64 bits per heavy atom. The smallest absolute Gasteiger partial charge is 0.426 e. The van der Waals surface area contributed by atoms with Gasteiger partial charge in [-0.15, -0.1) is 5.10 Å². The number of hydrogen-bond donors (Lipinski definition) is 3. The minimum Gasteiger partial charge on any atom is -0.443 e. The minimum absolute atomic E-state index is 0.00349. The average Bonchev–Trinajstić information content (AvgIpc) is 3.17. The third-order valence-corrected chi connectivity index (χ3v) is 5.70. The highest BCUT2D eigenvalue weighted by atomic mass is 35.5. The number of nitrogens with zero attached hydrogens (tertiary/aromatic N) is 4. The van der Waals surface area contributed by atoms with Crippen LogP contribution in [0.2, 0.25) is 5.02 Å². The van der Waals surface area contributed by atoms with Crippen LogP contribution < -0.4 is 21.1 Å². The lowest BCUT2D eigenvalue weighted by Gasteiger charge is -2.24. The molecule has 1 aromatic carbocycles. The maximum atomic E-state index is 15.3. The highest BCUT2D eigenvalue weighted by molar-refractivity contribution is 6.37. The van der Waals surface area contributed by atoms with Gasteiger partial charge in [0.25, 0.3) is 5.91 Å². The van der Waals surface area contributed by atoms with E-state index in [-0.39, 0.29) is 28.4 Å². The Morgan fingerprint density at radius 1 is 1.24 bits per heavy atom. The number of nitrogens with one attached hydrogen (secondary N) is 3. The molecule has 2 aliphatic rings. The summed E-state index contributed by atoms with van der Waals surface area (Å²) >= 11 is 6.67. The van der Waals surface area contributed by atoms with Gasteiger partial charge in [-0.05, 0) is 46.1 Å². The highest BCUT2D eigenvalue weighted by Crippen LogP contribution is 2.42. The second-order valence-electron chi connectivity index (χ2n) is 9.21. The predicted molar refractivity (Wildman–Crippen MR) is 121 cm³/mol. The van der Waals surface area contributed by atoms with E-state index in [0.29, 0.717) is 18.8 Å². The van der Waals surface area contributed by atoms with Crippen LogP contribution in [0.3, 0.4) is 0 Å². The van der Waals surface area contributed by atoms with Crippen molar-refractivity contribution in [2.75, 3.05) is 23.3 Å². The highest BCUT2D eigenvalue weighted by Gasteiger charge is 2.32. The molecular weight excluding hydrogens is 453 g/mol. The number of anilines is 2. The molecule has 1 aromatic heterocycles. The van der Waals surface area contributed by atoms with E-state index in [1.165, 1.54) is 0 Å². The van der Waals surface area contributed by atoms with Crippen LogP contribution in [0, 0.1) is 5.82 Å². The molecule has 0 spiro atoms. The molecule has 2 heterocycles. The molecule has 12 heteroatoms. The second kappa shape index (κ2) is 9.05. The maximum absolute atomic E-state index is 15.3. The minimum atomic E-state index is -0.827. The van der Waals surface area contributed by atoms with E-state index >= 15 is 4.39 Å². The van der Waals surface area contributed by atoms with E-state index in [4.69, 9.17) is 16.3 Å². The number of aromatic nitrogens is 3. The normalized spacial score (nSPS) is 18.2. The van der Waals surface area contributed by atoms with Crippen molar-refractivity contribution in [2.45, 2.75) is 57.7 Å². The van der Waals surface area contributed by atoms with Crippen molar-refractivity contribution in [3.8, 4) is 0 Å². The molecule has 1 saturated heterocycles. The van der Waals surface area contributed by atoms with Gasteiger partial charge in [0.1, 0.15) is 11.4 Å². The number of ether oxygens (including phenoxy) is 1. The molecule has 1 atom stereocenters. The van der Waals surface area contributed by atoms with Crippen molar-refractivity contribution in [1.82, 2.24) is 25.8 Å². The van der Waals surface area contributed by atoms with E-state index in [0.717, 1.165) is 25.3 Å². The van der Waals surface area contributed by atoms with Gasteiger partial charge in [-0.25, -0.2) is 19.3 Å². The molecule has 2 amide bonds. The number of rotatable bonds is 5. The van der Waals surface area contributed by atoms with E-state index in [2.05, 4.69) is 26.5 Å². The Kier molecular flexibility index (Phi) is 6.33. The Balaban J connectivity index is 1.56. The quantitative estimate of drug-likeness (QED) is 0.564. The SMILES string of the molecule is CC(C)(C)OC(=O)NNC(=O)c1cc(F)c(N2CCC(n3ccnn3)C2)c(Cl)c1NC1CC1. The Hall–Kier alpha value is -3.08. The fraction of sp³-hybridized carbons (Fsp3) is 0.524. The van der Waals surface area contributed by atoms with Crippen LogP contribution in [0.4, 0.5) is 20.6 Å². The van der Waals surface area contributed by atoms with Gasteiger partial charge in [0.05, 0.1) is 34.2 Å². The van der Waals surface area contributed by atoms with Gasteiger partial charge in [0, 0.05) is 25.3 Å². The van der Waals surface area contributed by atoms with Gasteiger partial charge in [-0.3, -0.25) is 10.2 Å². The largest absolute Gasteiger partial charge is 0.443 e. The van der Waals surface area contributed by atoms with Gasteiger partial charge in [0.15, 0.2) is 0 Å². The second-order valence-corrected chi connectivity index (χ2v) is 9.59. The lowest BCUT2D eigenvalue weighted by Crippen LogP contribution is -2.44. The maximum Gasteiger partial charge on any atom is 0.426 e. The van der Waals surface area contributed by atoms with E-state index in [1.807, 2.05) is 4.90 Å². The van der Waals surface area contributed by atoms with Crippen LogP contribution in [0.5, 0.6) is 0 Å². The van der Waals surface area contributed by atoms with Crippen molar-refractivity contribution in [3.63, 3.8) is 0 Å². The van der Waals surface area contributed by atoms with Crippen LogP contribution in [0.1, 0.15) is 56.4 Å². The number of amides is 2. The lowest BCUT2D eigenvalue weighted by atomic mass is 10.1. The molecule has 1 aliphatic heterocycles. The molecule has 10 nitrogen and oxygen atoms in total. The first kappa shape index (κ1) is 23.1. The number of hydrazine groups is 1. The van der Waals surface area contributed by atoms with E-state index in [1.54, 1.807) is 37.8 Å².